The Morgan fingerprint density at radius 1 is 1.16 bits per heavy atom. The number of thioether (sulfide) groups is 1. The molecule has 0 fully saturated rings. The number of nitrogens with zero attached hydrogens (tertiary/aromatic N) is 1. The highest BCUT2D eigenvalue weighted by Crippen LogP contribution is 2.29. The molecular weight excluding hydrogens is 354 g/mol. The standard InChI is InChI=1S/C18H17N3O2S2/c1-11-7-8-13(9-15(11)19-12(2)22)20-17(23)10-24-18-21-14-5-3-4-6-16(14)25-18/h3-9H,10H2,1-2H3,(H,19,22)(H,20,23). The first kappa shape index (κ1) is 17.4. The van der Waals surface area contributed by atoms with Gasteiger partial charge in [-0.1, -0.05) is 30.0 Å². The third-order valence-corrected chi connectivity index (χ3v) is 5.61. The second-order valence-electron chi connectivity index (χ2n) is 5.50. The Bertz CT molecular complexity index is 904. The van der Waals surface area contributed by atoms with E-state index in [1.165, 1.54) is 18.7 Å². The zero-order valence-corrected chi connectivity index (χ0v) is 15.5. The van der Waals surface area contributed by atoms with E-state index < -0.39 is 0 Å². The van der Waals surface area contributed by atoms with Gasteiger partial charge < -0.3 is 10.6 Å². The second-order valence-corrected chi connectivity index (χ2v) is 7.75. The fourth-order valence-electron chi connectivity index (χ4n) is 2.26. The van der Waals surface area contributed by atoms with Gasteiger partial charge in [-0.15, -0.1) is 11.3 Å². The van der Waals surface area contributed by atoms with Crippen LogP contribution in [0.3, 0.4) is 0 Å². The van der Waals surface area contributed by atoms with Crippen LogP contribution in [-0.4, -0.2) is 22.6 Å². The highest BCUT2D eigenvalue weighted by Gasteiger charge is 2.09. The number of rotatable bonds is 5. The van der Waals surface area contributed by atoms with Crippen LogP contribution < -0.4 is 10.6 Å². The molecule has 0 bridgehead atoms. The number of anilines is 2. The van der Waals surface area contributed by atoms with Crippen molar-refractivity contribution in [3.8, 4) is 0 Å². The van der Waals surface area contributed by atoms with Crippen molar-refractivity contribution in [2.24, 2.45) is 0 Å². The van der Waals surface area contributed by atoms with Crippen LogP contribution in [0.2, 0.25) is 0 Å². The molecule has 5 nitrogen and oxygen atoms in total. The molecule has 0 radical (unpaired) electrons. The minimum atomic E-state index is -0.141. The van der Waals surface area contributed by atoms with Crippen molar-refractivity contribution < 1.29 is 9.59 Å². The minimum absolute atomic E-state index is 0.109. The van der Waals surface area contributed by atoms with Crippen molar-refractivity contribution >= 4 is 56.5 Å². The van der Waals surface area contributed by atoms with E-state index in [0.29, 0.717) is 11.4 Å². The normalized spacial score (nSPS) is 10.6. The maximum absolute atomic E-state index is 12.2. The van der Waals surface area contributed by atoms with E-state index in [-0.39, 0.29) is 17.6 Å². The number of fused-ring (bicyclic) bond motifs is 1. The zero-order chi connectivity index (χ0) is 17.8. The highest BCUT2D eigenvalue weighted by molar-refractivity contribution is 8.01. The monoisotopic (exact) mass is 371 g/mol. The van der Waals surface area contributed by atoms with Crippen LogP contribution in [0.4, 0.5) is 11.4 Å². The zero-order valence-electron chi connectivity index (χ0n) is 13.8. The summed E-state index contributed by atoms with van der Waals surface area (Å²) < 4.78 is 1.99. The smallest absolute Gasteiger partial charge is 0.234 e. The Hall–Kier alpha value is -2.38. The van der Waals surface area contributed by atoms with Crippen molar-refractivity contribution in [2.75, 3.05) is 16.4 Å². The summed E-state index contributed by atoms with van der Waals surface area (Å²) in [5.74, 6) is 0.0308. The molecular formula is C18H17N3O2S2. The number of carbonyl (C=O) groups is 2. The third kappa shape index (κ3) is 4.58. The number of hydrogen-bond acceptors (Lipinski definition) is 5. The van der Waals surface area contributed by atoms with Gasteiger partial charge in [-0.25, -0.2) is 4.98 Å². The van der Waals surface area contributed by atoms with E-state index in [2.05, 4.69) is 15.6 Å². The third-order valence-electron chi connectivity index (χ3n) is 3.43. The molecule has 7 heteroatoms. The Morgan fingerprint density at radius 2 is 1.96 bits per heavy atom. The van der Waals surface area contributed by atoms with E-state index >= 15 is 0 Å². The summed E-state index contributed by atoms with van der Waals surface area (Å²) in [5.41, 5.74) is 3.25. The lowest BCUT2D eigenvalue weighted by Crippen LogP contribution is -2.14. The summed E-state index contributed by atoms with van der Waals surface area (Å²) in [6.07, 6.45) is 0. The maximum Gasteiger partial charge on any atom is 0.234 e. The summed E-state index contributed by atoms with van der Waals surface area (Å²) in [7, 11) is 0. The van der Waals surface area contributed by atoms with Gasteiger partial charge in [0, 0.05) is 18.3 Å². The molecule has 0 aliphatic heterocycles. The number of aromatic nitrogens is 1. The van der Waals surface area contributed by atoms with E-state index in [0.717, 1.165) is 20.1 Å². The topological polar surface area (TPSA) is 71.1 Å². The van der Waals surface area contributed by atoms with E-state index in [1.807, 2.05) is 43.3 Å². The van der Waals surface area contributed by atoms with Crippen LogP contribution in [-0.2, 0) is 9.59 Å². The number of aryl methyl sites for hydroxylation is 1. The Morgan fingerprint density at radius 3 is 2.72 bits per heavy atom. The number of hydrogen-bond donors (Lipinski definition) is 2. The largest absolute Gasteiger partial charge is 0.326 e. The van der Waals surface area contributed by atoms with Crippen LogP contribution >= 0.6 is 23.1 Å². The van der Waals surface area contributed by atoms with Gasteiger partial charge in [0.1, 0.15) is 0 Å². The van der Waals surface area contributed by atoms with Crippen LogP contribution in [0.15, 0.2) is 46.8 Å². The SMILES string of the molecule is CC(=O)Nc1cc(NC(=O)CSc2nc3ccccc3s2)ccc1C. The molecule has 2 amide bonds. The lowest BCUT2D eigenvalue weighted by molar-refractivity contribution is -0.114. The van der Waals surface area contributed by atoms with Gasteiger partial charge >= 0.3 is 0 Å². The average Bonchev–Trinajstić information content (AvgIpc) is 2.98. The molecule has 3 aromatic rings. The van der Waals surface area contributed by atoms with Crippen molar-refractivity contribution in [2.45, 2.75) is 18.2 Å². The summed E-state index contributed by atoms with van der Waals surface area (Å²) >= 11 is 3.00. The van der Waals surface area contributed by atoms with Gasteiger partial charge in [-0.3, -0.25) is 9.59 Å². The van der Waals surface area contributed by atoms with Gasteiger partial charge in [0.05, 0.1) is 16.0 Å². The van der Waals surface area contributed by atoms with E-state index in [4.69, 9.17) is 0 Å². The first-order valence-electron chi connectivity index (χ1n) is 7.68. The number of amides is 2. The highest BCUT2D eigenvalue weighted by atomic mass is 32.2. The number of carbonyl (C=O) groups excluding carboxylic acids is 2. The fraction of sp³-hybridized carbons (Fsp3) is 0.167. The molecule has 1 heterocycles. The molecule has 0 aliphatic rings. The number of thiazole rings is 1. The molecule has 25 heavy (non-hydrogen) atoms. The van der Waals surface area contributed by atoms with Crippen molar-refractivity contribution in [3.05, 3.63) is 48.0 Å². The lowest BCUT2D eigenvalue weighted by Gasteiger charge is -2.10. The molecule has 0 atom stereocenters. The number of nitrogens with one attached hydrogen (secondary N) is 2. The van der Waals surface area contributed by atoms with Gasteiger partial charge in [0.15, 0.2) is 4.34 Å². The van der Waals surface area contributed by atoms with Crippen LogP contribution in [0.1, 0.15) is 12.5 Å². The summed E-state index contributed by atoms with van der Waals surface area (Å²) in [6.45, 7) is 3.36. The number of benzene rings is 2. The van der Waals surface area contributed by atoms with Gasteiger partial charge in [0.25, 0.3) is 0 Å². The molecule has 0 saturated carbocycles. The minimum Gasteiger partial charge on any atom is -0.326 e. The Balaban J connectivity index is 1.61. The predicted molar refractivity (Wildman–Crippen MR) is 104 cm³/mol. The first-order valence-corrected chi connectivity index (χ1v) is 9.48. The summed E-state index contributed by atoms with van der Waals surface area (Å²) in [5, 5.41) is 5.61. The van der Waals surface area contributed by atoms with Crippen molar-refractivity contribution in [1.29, 1.82) is 0 Å². The fourth-order valence-corrected chi connectivity index (χ4v) is 4.13. The Kier molecular flexibility index (Phi) is 5.35. The van der Waals surface area contributed by atoms with Crippen LogP contribution in [0.25, 0.3) is 10.2 Å². The van der Waals surface area contributed by atoms with Crippen molar-refractivity contribution in [3.63, 3.8) is 0 Å². The molecule has 128 valence electrons. The van der Waals surface area contributed by atoms with Gasteiger partial charge in [-0.05, 0) is 36.8 Å². The van der Waals surface area contributed by atoms with Gasteiger partial charge in [0.2, 0.25) is 11.8 Å². The quantitative estimate of drug-likeness (QED) is 0.656. The maximum atomic E-state index is 12.2. The first-order chi connectivity index (χ1) is 12.0. The van der Waals surface area contributed by atoms with Crippen LogP contribution in [0, 0.1) is 6.92 Å². The molecule has 0 saturated heterocycles. The van der Waals surface area contributed by atoms with Crippen LogP contribution in [0.5, 0.6) is 0 Å². The molecule has 2 aromatic carbocycles. The summed E-state index contributed by atoms with van der Waals surface area (Å²) in [4.78, 5) is 27.9. The summed E-state index contributed by atoms with van der Waals surface area (Å²) in [6, 6.07) is 13.4. The van der Waals surface area contributed by atoms with Crippen molar-refractivity contribution in [1.82, 2.24) is 4.98 Å². The molecule has 3 rings (SSSR count). The average molecular weight is 371 g/mol. The number of para-hydroxylation sites is 1. The van der Waals surface area contributed by atoms with E-state index in [9.17, 15) is 9.59 Å². The molecule has 0 spiro atoms. The molecule has 0 unspecified atom stereocenters. The van der Waals surface area contributed by atoms with E-state index in [1.54, 1.807) is 17.4 Å². The molecule has 1 aromatic heterocycles. The lowest BCUT2D eigenvalue weighted by atomic mass is 10.2. The van der Waals surface area contributed by atoms with Gasteiger partial charge in [-0.2, -0.15) is 0 Å². The predicted octanol–water partition coefficient (Wildman–Crippen LogP) is 4.29. The molecule has 0 aliphatic carbocycles. The molecule has 2 N–H and O–H groups in total. The second kappa shape index (κ2) is 7.67. The Labute approximate surface area is 153 Å².